The number of aromatic nitrogens is 3. The molecule has 2 heterocycles. The predicted molar refractivity (Wildman–Crippen MR) is 117 cm³/mol. The van der Waals surface area contributed by atoms with Crippen molar-refractivity contribution in [2.75, 3.05) is 19.0 Å². The number of amides is 1. The third-order valence-corrected chi connectivity index (χ3v) is 4.63. The summed E-state index contributed by atoms with van der Waals surface area (Å²) in [6.07, 6.45) is 3.31. The molecule has 0 saturated heterocycles. The third kappa shape index (κ3) is 4.13. The largest absolute Gasteiger partial charge is 0.494 e. The summed E-state index contributed by atoms with van der Waals surface area (Å²) >= 11 is 0. The number of hydrogen-bond acceptors (Lipinski definition) is 6. The minimum atomic E-state index is -0.572. The lowest BCUT2D eigenvalue weighted by molar-refractivity contribution is 0.0963. The van der Waals surface area contributed by atoms with Crippen molar-refractivity contribution in [3.8, 4) is 17.1 Å². The molecule has 2 N–H and O–H groups in total. The van der Waals surface area contributed by atoms with Gasteiger partial charge in [-0.2, -0.15) is 0 Å². The molecule has 4 rings (SSSR count). The van der Waals surface area contributed by atoms with E-state index in [2.05, 4.69) is 25.6 Å². The molecule has 31 heavy (non-hydrogen) atoms. The summed E-state index contributed by atoms with van der Waals surface area (Å²) in [6.45, 7) is 2.39. The van der Waals surface area contributed by atoms with Crippen LogP contribution in [-0.2, 0) is 0 Å². The van der Waals surface area contributed by atoms with Crippen LogP contribution in [0.4, 0.5) is 15.9 Å². The number of ether oxygens (including phenoxy) is 1. The van der Waals surface area contributed by atoms with Crippen LogP contribution in [-0.4, -0.2) is 34.5 Å². The number of nitrogens with zero attached hydrogens (tertiary/aromatic N) is 3. The number of fused-ring (bicyclic) bond motifs is 1. The van der Waals surface area contributed by atoms with Gasteiger partial charge in [0, 0.05) is 30.4 Å². The molecule has 0 spiro atoms. The lowest BCUT2D eigenvalue weighted by Gasteiger charge is -2.15. The Hall–Kier alpha value is -4.07. The van der Waals surface area contributed by atoms with E-state index in [0.717, 1.165) is 0 Å². The fourth-order valence-corrected chi connectivity index (χ4v) is 3.18. The highest BCUT2D eigenvalue weighted by Crippen LogP contribution is 2.32. The summed E-state index contributed by atoms with van der Waals surface area (Å²) in [6, 6.07) is 13.3. The molecule has 7 nitrogen and oxygen atoms in total. The second-order valence-electron chi connectivity index (χ2n) is 6.62. The van der Waals surface area contributed by atoms with E-state index in [1.54, 1.807) is 30.6 Å². The molecule has 0 saturated carbocycles. The fraction of sp³-hybridized carbons (Fsp3) is 0.130. The number of carbonyl (C=O) groups is 1. The van der Waals surface area contributed by atoms with E-state index in [4.69, 9.17) is 4.74 Å². The van der Waals surface area contributed by atoms with Gasteiger partial charge in [-0.25, -0.2) is 14.4 Å². The van der Waals surface area contributed by atoms with Crippen LogP contribution in [0.25, 0.3) is 22.3 Å². The minimum absolute atomic E-state index is 0.0285. The molecule has 8 heteroatoms. The van der Waals surface area contributed by atoms with Crippen molar-refractivity contribution in [2.45, 2.75) is 6.92 Å². The first kappa shape index (κ1) is 20.2. The van der Waals surface area contributed by atoms with Gasteiger partial charge in [-0.1, -0.05) is 6.07 Å². The zero-order valence-electron chi connectivity index (χ0n) is 17.0. The number of pyridine rings is 1. The Morgan fingerprint density at radius 3 is 2.74 bits per heavy atom. The van der Waals surface area contributed by atoms with Crippen LogP contribution < -0.4 is 15.4 Å². The number of rotatable bonds is 6. The van der Waals surface area contributed by atoms with Crippen LogP contribution in [0.5, 0.6) is 5.75 Å². The van der Waals surface area contributed by atoms with Crippen LogP contribution >= 0.6 is 0 Å². The van der Waals surface area contributed by atoms with Crippen molar-refractivity contribution in [2.24, 2.45) is 0 Å². The van der Waals surface area contributed by atoms with Crippen molar-refractivity contribution in [1.29, 1.82) is 0 Å². The summed E-state index contributed by atoms with van der Waals surface area (Å²) in [5.74, 6) is 0.418. The number of anilines is 2. The van der Waals surface area contributed by atoms with Crippen molar-refractivity contribution in [3.05, 3.63) is 72.3 Å². The maximum atomic E-state index is 14.7. The molecule has 156 valence electrons. The Kier molecular flexibility index (Phi) is 5.70. The van der Waals surface area contributed by atoms with Gasteiger partial charge in [0.05, 0.1) is 23.4 Å². The molecule has 1 amide bonds. The number of para-hydroxylation sites is 1. The molecule has 0 bridgehead atoms. The monoisotopic (exact) mass is 417 g/mol. The fourth-order valence-electron chi connectivity index (χ4n) is 3.18. The van der Waals surface area contributed by atoms with E-state index < -0.39 is 11.7 Å². The highest BCUT2D eigenvalue weighted by Gasteiger charge is 2.18. The van der Waals surface area contributed by atoms with Crippen molar-refractivity contribution in [1.82, 2.24) is 20.3 Å². The van der Waals surface area contributed by atoms with Crippen LogP contribution in [0.15, 0.2) is 60.9 Å². The van der Waals surface area contributed by atoms with Gasteiger partial charge in [-0.3, -0.25) is 9.78 Å². The van der Waals surface area contributed by atoms with Gasteiger partial charge >= 0.3 is 0 Å². The predicted octanol–water partition coefficient (Wildman–Crippen LogP) is 4.33. The van der Waals surface area contributed by atoms with Gasteiger partial charge in [0.25, 0.3) is 5.91 Å². The molecule has 2 aromatic carbocycles. The lowest BCUT2D eigenvalue weighted by atomic mass is 10.1. The highest BCUT2D eigenvalue weighted by molar-refractivity contribution is 6.02. The molecule has 0 fully saturated rings. The van der Waals surface area contributed by atoms with Crippen molar-refractivity contribution >= 4 is 28.3 Å². The zero-order valence-corrected chi connectivity index (χ0v) is 17.0. The summed E-state index contributed by atoms with van der Waals surface area (Å²) in [5, 5.41) is 6.17. The van der Waals surface area contributed by atoms with E-state index in [9.17, 15) is 9.18 Å². The quantitative estimate of drug-likeness (QED) is 0.485. The average molecular weight is 417 g/mol. The molecule has 0 aliphatic carbocycles. The number of benzene rings is 2. The molecule has 0 atom stereocenters. The Morgan fingerprint density at radius 2 is 2.00 bits per heavy atom. The van der Waals surface area contributed by atoms with Gasteiger partial charge in [-0.05, 0) is 49.4 Å². The Bertz CT molecular complexity index is 1250. The van der Waals surface area contributed by atoms with Crippen molar-refractivity contribution < 1.29 is 13.9 Å². The summed E-state index contributed by atoms with van der Waals surface area (Å²) in [5.41, 5.74) is 1.54. The minimum Gasteiger partial charge on any atom is -0.494 e. The van der Waals surface area contributed by atoms with Gasteiger partial charge in [-0.15, -0.1) is 0 Å². The second-order valence-corrected chi connectivity index (χ2v) is 6.62. The first-order valence-electron chi connectivity index (χ1n) is 9.73. The zero-order chi connectivity index (χ0) is 21.8. The Morgan fingerprint density at radius 1 is 1.13 bits per heavy atom. The smallest absolute Gasteiger partial charge is 0.253 e. The molecule has 0 aliphatic heterocycles. The maximum Gasteiger partial charge on any atom is 0.253 e. The molecule has 0 aliphatic rings. The highest BCUT2D eigenvalue weighted by atomic mass is 19.1. The summed E-state index contributed by atoms with van der Waals surface area (Å²) in [4.78, 5) is 25.7. The first-order valence-corrected chi connectivity index (χ1v) is 9.73. The van der Waals surface area contributed by atoms with E-state index in [1.807, 2.05) is 25.1 Å². The third-order valence-electron chi connectivity index (χ3n) is 4.63. The van der Waals surface area contributed by atoms with Gasteiger partial charge in [0.15, 0.2) is 5.82 Å². The average Bonchev–Trinajstić information content (AvgIpc) is 2.80. The van der Waals surface area contributed by atoms with E-state index >= 15 is 0 Å². The number of hydrogen-bond donors (Lipinski definition) is 2. The normalized spacial score (nSPS) is 10.7. The molecular weight excluding hydrogens is 397 g/mol. The first-order chi connectivity index (χ1) is 15.1. The van der Waals surface area contributed by atoms with Crippen LogP contribution in [0.2, 0.25) is 0 Å². The van der Waals surface area contributed by atoms with Crippen LogP contribution in [0.1, 0.15) is 17.3 Å². The Balaban J connectivity index is 1.91. The van der Waals surface area contributed by atoms with Gasteiger partial charge in [0.2, 0.25) is 0 Å². The summed E-state index contributed by atoms with van der Waals surface area (Å²) in [7, 11) is 1.49. The van der Waals surface area contributed by atoms with Crippen molar-refractivity contribution in [3.63, 3.8) is 0 Å². The van der Waals surface area contributed by atoms with Gasteiger partial charge in [0.1, 0.15) is 17.4 Å². The van der Waals surface area contributed by atoms with E-state index in [0.29, 0.717) is 40.5 Å². The lowest BCUT2D eigenvalue weighted by Crippen LogP contribution is -2.19. The maximum absolute atomic E-state index is 14.7. The van der Waals surface area contributed by atoms with E-state index in [-0.39, 0.29) is 11.3 Å². The second kappa shape index (κ2) is 8.74. The Labute approximate surface area is 178 Å². The number of carbonyl (C=O) groups excluding carboxylic acids is 1. The number of nitrogens with one attached hydrogen (secondary N) is 2. The molecule has 2 aromatic heterocycles. The molecule has 0 radical (unpaired) electrons. The summed E-state index contributed by atoms with van der Waals surface area (Å²) < 4.78 is 20.3. The number of halogens is 1. The van der Waals surface area contributed by atoms with Gasteiger partial charge < -0.3 is 15.4 Å². The standard InChI is InChI=1S/C23H20FN5O2/c1-3-31-15-9-10-19-17(12-15)22(29-21(27-19)14-6-5-11-26-13-14)28-20-16(23(30)25-2)7-4-8-18(20)24/h4-13H,3H2,1-2H3,(H,25,30)(H,27,28,29). The molecule has 0 unspecified atom stereocenters. The van der Waals surface area contributed by atoms with E-state index in [1.165, 1.54) is 19.2 Å². The topological polar surface area (TPSA) is 89.0 Å². The SMILES string of the molecule is CCOc1ccc2nc(-c3cccnc3)nc(Nc3c(F)cccc3C(=O)NC)c2c1. The van der Waals surface area contributed by atoms with Crippen LogP contribution in [0.3, 0.4) is 0 Å². The molecule has 4 aromatic rings. The van der Waals surface area contributed by atoms with Crippen LogP contribution in [0, 0.1) is 5.82 Å². The molecular formula is C23H20FN5O2.